The standard InChI is InChI=1S/C20H23N3/c1-16-5-3-8-20(17(16)2)23-11-9-22(10-12-23)15-19-7-4-6-18(13-19)14-21/h3-8,13H,9-12,15H2,1-2H3. The van der Waals surface area contributed by atoms with Crippen molar-refractivity contribution in [2.24, 2.45) is 0 Å². The largest absolute Gasteiger partial charge is 0.369 e. The van der Waals surface area contributed by atoms with Crippen LogP contribution in [0.3, 0.4) is 0 Å². The highest BCUT2D eigenvalue weighted by Crippen LogP contribution is 2.24. The van der Waals surface area contributed by atoms with E-state index in [0.29, 0.717) is 0 Å². The van der Waals surface area contributed by atoms with Gasteiger partial charge in [0.15, 0.2) is 0 Å². The number of piperazine rings is 1. The van der Waals surface area contributed by atoms with Gasteiger partial charge in [-0.25, -0.2) is 0 Å². The summed E-state index contributed by atoms with van der Waals surface area (Å²) in [5, 5.41) is 9.01. The van der Waals surface area contributed by atoms with Gasteiger partial charge in [0.2, 0.25) is 0 Å². The molecule has 1 fully saturated rings. The molecule has 0 saturated carbocycles. The molecule has 0 radical (unpaired) electrons. The van der Waals surface area contributed by atoms with E-state index >= 15 is 0 Å². The number of nitrogens with zero attached hydrogens (tertiary/aromatic N) is 3. The van der Waals surface area contributed by atoms with E-state index in [9.17, 15) is 0 Å². The molecule has 0 bridgehead atoms. The minimum atomic E-state index is 0.747. The van der Waals surface area contributed by atoms with Gasteiger partial charge in [-0.15, -0.1) is 0 Å². The number of rotatable bonds is 3. The Balaban J connectivity index is 1.62. The Morgan fingerprint density at radius 3 is 2.48 bits per heavy atom. The maximum atomic E-state index is 9.01. The zero-order valence-corrected chi connectivity index (χ0v) is 13.9. The summed E-state index contributed by atoms with van der Waals surface area (Å²) in [6, 6.07) is 16.7. The molecule has 3 rings (SSSR count). The summed E-state index contributed by atoms with van der Waals surface area (Å²) >= 11 is 0. The van der Waals surface area contributed by atoms with Crippen LogP contribution in [0.25, 0.3) is 0 Å². The van der Waals surface area contributed by atoms with Gasteiger partial charge in [0.1, 0.15) is 0 Å². The summed E-state index contributed by atoms with van der Waals surface area (Å²) in [6.45, 7) is 9.55. The summed E-state index contributed by atoms with van der Waals surface area (Å²) in [5.74, 6) is 0. The molecule has 0 atom stereocenters. The maximum absolute atomic E-state index is 9.01. The van der Waals surface area contributed by atoms with Crippen molar-refractivity contribution >= 4 is 5.69 Å². The van der Waals surface area contributed by atoms with Crippen LogP contribution in [0.5, 0.6) is 0 Å². The molecule has 118 valence electrons. The number of nitriles is 1. The molecule has 3 nitrogen and oxygen atoms in total. The van der Waals surface area contributed by atoms with E-state index in [1.807, 2.05) is 18.2 Å². The van der Waals surface area contributed by atoms with Crippen molar-refractivity contribution in [3.8, 4) is 6.07 Å². The Morgan fingerprint density at radius 2 is 1.74 bits per heavy atom. The molecule has 0 aromatic heterocycles. The molecule has 2 aromatic carbocycles. The molecule has 3 heteroatoms. The molecular formula is C20H23N3. The van der Waals surface area contributed by atoms with Crippen molar-refractivity contribution in [2.75, 3.05) is 31.1 Å². The molecule has 1 aliphatic heterocycles. The van der Waals surface area contributed by atoms with Crippen molar-refractivity contribution < 1.29 is 0 Å². The number of hydrogen-bond acceptors (Lipinski definition) is 3. The average molecular weight is 305 g/mol. The zero-order chi connectivity index (χ0) is 16.2. The van der Waals surface area contributed by atoms with Gasteiger partial charge in [-0.1, -0.05) is 24.3 Å². The summed E-state index contributed by atoms with van der Waals surface area (Å²) in [7, 11) is 0. The molecule has 0 spiro atoms. The van der Waals surface area contributed by atoms with Gasteiger partial charge < -0.3 is 4.90 Å². The molecule has 0 aliphatic carbocycles. The van der Waals surface area contributed by atoms with Crippen LogP contribution in [0.2, 0.25) is 0 Å². The Bertz CT molecular complexity index is 722. The average Bonchev–Trinajstić information content (AvgIpc) is 2.58. The van der Waals surface area contributed by atoms with Gasteiger partial charge in [0.25, 0.3) is 0 Å². The smallest absolute Gasteiger partial charge is 0.0991 e. The zero-order valence-electron chi connectivity index (χ0n) is 13.9. The van der Waals surface area contributed by atoms with Crippen molar-refractivity contribution in [1.82, 2.24) is 4.90 Å². The second-order valence-electron chi connectivity index (χ2n) is 6.29. The van der Waals surface area contributed by atoms with Gasteiger partial charge in [-0.05, 0) is 48.7 Å². The van der Waals surface area contributed by atoms with Crippen molar-refractivity contribution in [2.45, 2.75) is 20.4 Å². The second kappa shape index (κ2) is 6.85. The fraction of sp³-hybridized carbons (Fsp3) is 0.350. The van der Waals surface area contributed by atoms with Gasteiger partial charge in [-0.3, -0.25) is 4.90 Å². The molecule has 1 heterocycles. The quantitative estimate of drug-likeness (QED) is 0.869. The summed E-state index contributed by atoms with van der Waals surface area (Å²) in [5.41, 5.74) is 6.10. The number of benzene rings is 2. The van der Waals surface area contributed by atoms with Gasteiger partial charge in [-0.2, -0.15) is 5.26 Å². The minimum Gasteiger partial charge on any atom is -0.369 e. The van der Waals surface area contributed by atoms with Crippen LogP contribution in [0.15, 0.2) is 42.5 Å². The molecule has 1 saturated heterocycles. The monoisotopic (exact) mass is 305 g/mol. The van der Waals surface area contributed by atoms with Crippen LogP contribution in [-0.2, 0) is 6.54 Å². The van der Waals surface area contributed by atoms with E-state index in [1.165, 1.54) is 22.4 Å². The number of hydrogen-bond donors (Lipinski definition) is 0. The first-order valence-electron chi connectivity index (χ1n) is 8.20. The number of anilines is 1. The van der Waals surface area contributed by atoms with E-state index in [-0.39, 0.29) is 0 Å². The van der Waals surface area contributed by atoms with Gasteiger partial charge in [0.05, 0.1) is 11.6 Å². The lowest BCUT2D eigenvalue weighted by molar-refractivity contribution is 0.250. The van der Waals surface area contributed by atoms with Crippen LogP contribution >= 0.6 is 0 Å². The lowest BCUT2D eigenvalue weighted by atomic mass is 10.1. The highest BCUT2D eigenvalue weighted by atomic mass is 15.3. The highest BCUT2D eigenvalue weighted by molar-refractivity contribution is 5.56. The van der Waals surface area contributed by atoms with Gasteiger partial charge >= 0.3 is 0 Å². The Kier molecular flexibility index (Phi) is 4.64. The SMILES string of the molecule is Cc1cccc(N2CCN(Cc3cccc(C#N)c3)CC2)c1C. The van der Waals surface area contributed by atoms with Crippen molar-refractivity contribution in [1.29, 1.82) is 5.26 Å². The third-order valence-electron chi connectivity index (χ3n) is 4.75. The van der Waals surface area contributed by atoms with Crippen LogP contribution in [-0.4, -0.2) is 31.1 Å². The summed E-state index contributed by atoms with van der Waals surface area (Å²) in [4.78, 5) is 4.96. The van der Waals surface area contributed by atoms with Crippen molar-refractivity contribution in [3.05, 3.63) is 64.7 Å². The first kappa shape index (κ1) is 15.6. The summed E-state index contributed by atoms with van der Waals surface area (Å²) < 4.78 is 0. The van der Waals surface area contributed by atoms with Crippen LogP contribution in [0.1, 0.15) is 22.3 Å². The highest BCUT2D eigenvalue weighted by Gasteiger charge is 2.18. The first-order chi connectivity index (χ1) is 11.2. The van der Waals surface area contributed by atoms with Gasteiger partial charge in [0, 0.05) is 38.4 Å². The molecule has 1 aliphatic rings. The normalized spacial score (nSPS) is 15.4. The molecule has 2 aromatic rings. The molecule has 23 heavy (non-hydrogen) atoms. The Labute approximate surface area is 138 Å². The molecule has 0 N–H and O–H groups in total. The molecular weight excluding hydrogens is 282 g/mol. The van der Waals surface area contributed by atoms with E-state index < -0.39 is 0 Å². The number of aryl methyl sites for hydroxylation is 1. The molecule has 0 amide bonds. The third-order valence-corrected chi connectivity index (χ3v) is 4.75. The van der Waals surface area contributed by atoms with E-state index in [1.54, 1.807) is 0 Å². The lowest BCUT2D eigenvalue weighted by Gasteiger charge is -2.37. The Morgan fingerprint density at radius 1 is 1.00 bits per heavy atom. The van der Waals surface area contributed by atoms with Crippen LogP contribution in [0.4, 0.5) is 5.69 Å². The maximum Gasteiger partial charge on any atom is 0.0991 e. The first-order valence-corrected chi connectivity index (χ1v) is 8.20. The van der Waals surface area contributed by atoms with E-state index in [0.717, 1.165) is 38.3 Å². The van der Waals surface area contributed by atoms with Crippen molar-refractivity contribution in [3.63, 3.8) is 0 Å². The van der Waals surface area contributed by atoms with E-state index in [4.69, 9.17) is 5.26 Å². The minimum absolute atomic E-state index is 0.747. The fourth-order valence-electron chi connectivity index (χ4n) is 3.22. The predicted octanol–water partition coefficient (Wildman–Crippen LogP) is 3.50. The summed E-state index contributed by atoms with van der Waals surface area (Å²) in [6.07, 6.45) is 0. The lowest BCUT2D eigenvalue weighted by Crippen LogP contribution is -2.46. The van der Waals surface area contributed by atoms with E-state index in [2.05, 4.69) is 54.0 Å². The Hall–Kier alpha value is -2.31. The second-order valence-corrected chi connectivity index (χ2v) is 6.29. The van der Waals surface area contributed by atoms with Crippen LogP contribution < -0.4 is 4.90 Å². The fourth-order valence-corrected chi connectivity index (χ4v) is 3.22. The third kappa shape index (κ3) is 3.55. The predicted molar refractivity (Wildman–Crippen MR) is 94.6 cm³/mol. The topological polar surface area (TPSA) is 30.3 Å². The van der Waals surface area contributed by atoms with Crippen LogP contribution in [0, 0.1) is 25.2 Å². The molecule has 0 unspecified atom stereocenters.